The fraction of sp³-hybridized carbons (Fsp3) is 1.00. The number of likely N-dealkylation sites (tertiary alicyclic amines) is 1. The van der Waals surface area contributed by atoms with E-state index in [0.717, 1.165) is 19.5 Å². The number of rotatable bonds is 3. The minimum absolute atomic E-state index is 0.489. The molecule has 0 radical (unpaired) electrons. The molecule has 2 aliphatic rings. The van der Waals surface area contributed by atoms with Crippen LogP contribution in [0.4, 0.5) is 0 Å². The monoisotopic (exact) mass is 200 g/mol. The summed E-state index contributed by atoms with van der Waals surface area (Å²) in [6.45, 7) is 4.11. The average molecular weight is 200 g/mol. The van der Waals surface area contributed by atoms with Crippen molar-refractivity contribution in [3.63, 3.8) is 0 Å². The Balaban J connectivity index is 1.71. The number of hydrogen-bond acceptors (Lipinski definition) is 4. The van der Waals surface area contributed by atoms with Crippen LogP contribution in [-0.4, -0.2) is 61.5 Å². The van der Waals surface area contributed by atoms with Gasteiger partial charge in [0.1, 0.15) is 5.60 Å². The first kappa shape index (κ1) is 10.4. The predicted molar refractivity (Wildman–Crippen MR) is 54.3 cm³/mol. The van der Waals surface area contributed by atoms with Gasteiger partial charge in [-0.15, -0.1) is 0 Å². The Morgan fingerprint density at radius 1 is 1.64 bits per heavy atom. The quantitative estimate of drug-likeness (QED) is 0.640. The zero-order valence-corrected chi connectivity index (χ0v) is 8.83. The molecule has 0 amide bonds. The highest BCUT2D eigenvalue weighted by Crippen LogP contribution is 2.18. The smallest absolute Gasteiger partial charge is 0.102 e. The zero-order chi connectivity index (χ0) is 10.0. The number of hydrogen-bond donors (Lipinski definition) is 2. The van der Waals surface area contributed by atoms with Crippen molar-refractivity contribution < 1.29 is 9.84 Å². The van der Waals surface area contributed by atoms with Crippen LogP contribution in [0.25, 0.3) is 0 Å². The summed E-state index contributed by atoms with van der Waals surface area (Å²) in [6.07, 6.45) is 1.95. The van der Waals surface area contributed by atoms with Crippen LogP contribution in [0.3, 0.4) is 0 Å². The van der Waals surface area contributed by atoms with Crippen LogP contribution >= 0.6 is 0 Å². The largest absolute Gasteiger partial charge is 0.386 e. The standard InChI is InChI=1S/C10H20N2O2/c1-12-4-2-9(6-12)11-7-10(13)3-5-14-8-10/h9,11,13H,2-8H2,1H3. The highest BCUT2D eigenvalue weighted by atomic mass is 16.5. The Bertz CT molecular complexity index is 193. The van der Waals surface area contributed by atoms with Crippen LogP contribution in [0.1, 0.15) is 12.8 Å². The van der Waals surface area contributed by atoms with Crippen molar-refractivity contribution in [2.24, 2.45) is 0 Å². The van der Waals surface area contributed by atoms with E-state index in [2.05, 4.69) is 17.3 Å². The molecule has 2 N–H and O–H groups in total. The number of nitrogens with one attached hydrogen (secondary N) is 1. The molecule has 2 heterocycles. The molecule has 2 saturated heterocycles. The second-order valence-electron chi connectivity index (χ2n) is 4.66. The minimum atomic E-state index is -0.610. The van der Waals surface area contributed by atoms with E-state index in [0.29, 0.717) is 25.8 Å². The molecule has 2 unspecified atom stereocenters. The number of likely N-dealkylation sites (N-methyl/N-ethyl adjacent to an activating group) is 1. The van der Waals surface area contributed by atoms with E-state index in [1.807, 2.05) is 0 Å². The van der Waals surface area contributed by atoms with Gasteiger partial charge in [-0.3, -0.25) is 0 Å². The molecule has 2 atom stereocenters. The average Bonchev–Trinajstić information content (AvgIpc) is 2.73. The summed E-state index contributed by atoms with van der Waals surface area (Å²) in [5.41, 5.74) is -0.610. The van der Waals surface area contributed by atoms with E-state index in [1.165, 1.54) is 6.42 Å². The van der Waals surface area contributed by atoms with Gasteiger partial charge in [0, 0.05) is 32.2 Å². The van der Waals surface area contributed by atoms with Gasteiger partial charge in [-0.05, 0) is 20.0 Å². The Labute approximate surface area is 85.2 Å². The van der Waals surface area contributed by atoms with Crippen LogP contribution in [0, 0.1) is 0 Å². The second kappa shape index (κ2) is 4.14. The van der Waals surface area contributed by atoms with Gasteiger partial charge in [0.25, 0.3) is 0 Å². The van der Waals surface area contributed by atoms with E-state index in [-0.39, 0.29) is 0 Å². The topological polar surface area (TPSA) is 44.7 Å². The van der Waals surface area contributed by atoms with Crippen LogP contribution < -0.4 is 5.32 Å². The lowest BCUT2D eigenvalue weighted by molar-refractivity contribution is 0.0251. The van der Waals surface area contributed by atoms with E-state index in [4.69, 9.17) is 4.74 Å². The minimum Gasteiger partial charge on any atom is -0.386 e. The lowest BCUT2D eigenvalue weighted by Gasteiger charge is -2.23. The summed E-state index contributed by atoms with van der Waals surface area (Å²) >= 11 is 0. The van der Waals surface area contributed by atoms with E-state index in [1.54, 1.807) is 0 Å². The molecule has 0 aromatic carbocycles. The summed E-state index contributed by atoms with van der Waals surface area (Å²) in [4.78, 5) is 2.31. The highest BCUT2D eigenvalue weighted by Gasteiger charge is 2.33. The molecule has 14 heavy (non-hydrogen) atoms. The number of aliphatic hydroxyl groups is 1. The predicted octanol–water partition coefficient (Wildman–Crippen LogP) is -0.568. The molecule has 0 bridgehead atoms. The summed E-state index contributed by atoms with van der Waals surface area (Å²) in [6, 6.07) is 0.546. The normalized spacial score (nSPS) is 39.4. The SMILES string of the molecule is CN1CCC(NCC2(O)CCOC2)C1. The molecule has 4 heteroatoms. The van der Waals surface area contributed by atoms with Crippen molar-refractivity contribution >= 4 is 0 Å². The fourth-order valence-electron chi connectivity index (χ4n) is 2.17. The third kappa shape index (κ3) is 2.45. The summed E-state index contributed by atoms with van der Waals surface area (Å²) < 4.78 is 5.20. The van der Waals surface area contributed by atoms with Crippen molar-refractivity contribution in [3.8, 4) is 0 Å². The third-order valence-electron chi connectivity index (χ3n) is 3.19. The molecule has 2 aliphatic heterocycles. The molecule has 82 valence electrons. The Hall–Kier alpha value is -0.160. The number of ether oxygens (including phenoxy) is 1. The maximum atomic E-state index is 10.0. The van der Waals surface area contributed by atoms with Crippen LogP contribution in [-0.2, 0) is 4.74 Å². The second-order valence-corrected chi connectivity index (χ2v) is 4.66. The van der Waals surface area contributed by atoms with E-state index >= 15 is 0 Å². The Morgan fingerprint density at radius 3 is 3.07 bits per heavy atom. The summed E-state index contributed by atoms with van der Waals surface area (Å²) in [5, 5.41) is 13.4. The van der Waals surface area contributed by atoms with Crippen molar-refractivity contribution in [2.45, 2.75) is 24.5 Å². The molecule has 0 spiro atoms. The lowest BCUT2D eigenvalue weighted by Crippen LogP contribution is -2.45. The van der Waals surface area contributed by atoms with Crippen LogP contribution in [0.5, 0.6) is 0 Å². The maximum absolute atomic E-state index is 10.0. The van der Waals surface area contributed by atoms with Gasteiger partial charge in [0.2, 0.25) is 0 Å². The first-order valence-electron chi connectivity index (χ1n) is 5.40. The molecular formula is C10H20N2O2. The molecule has 0 aromatic heterocycles. The van der Waals surface area contributed by atoms with Crippen LogP contribution in [0.15, 0.2) is 0 Å². The summed E-state index contributed by atoms with van der Waals surface area (Å²) in [5.74, 6) is 0. The molecule has 4 nitrogen and oxygen atoms in total. The molecule has 2 fully saturated rings. The molecule has 0 aromatic rings. The zero-order valence-electron chi connectivity index (χ0n) is 8.83. The first-order chi connectivity index (χ1) is 6.68. The third-order valence-corrected chi connectivity index (χ3v) is 3.19. The van der Waals surface area contributed by atoms with Crippen molar-refractivity contribution in [1.29, 1.82) is 0 Å². The molecule has 0 saturated carbocycles. The molecule has 0 aliphatic carbocycles. The maximum Gasteiger partial charge on any atom is 0.102 e. The highest BCUT2D eigenvalue weighted by molar-refractivity contribution is 4.88. The fourth-order valence-corrected chi connectivity index (χ4v) is 2.17. The van der Waals surface area contributed by atoms with Gasteiger partial charge in [-0.2, -0.15) is 0 Å². The van der Waals surface area contributed by atoms with Gasteiger partial charge in [-0.25, -0.2) is 0 Å². The van der Waals surface area contributed by atoms with Gasteiger partial charge in [-0.1, -0.05) is 0 Å². The molecule has 2 rings (SSSR count). The van der Waals surface area contributed by atoms with Gasteiger partial charge in [0.15, 0.2) is 0 Å². The Morgan fingerprint density at radius 2 is 2.50 bits per heavy atom. The van der Waals surface area contributed by atoms with E-state index < -0.39 is 5.60 Å². The Kier molecular flexibility index (Phi) is 3.07. The van der Waals surface area contributed by atoms with Gasteiger partial charge < -0.3 is 20.1 Å². The van der Waals surface area contributed by atoms with Crippen molar-refractivity contribution in [3.05, 3.63) is 0 Å². The summed E-state index contributed by atoms with van der Waals surface area (Å²) in [7, 11) is 2.13. The van der Waals surface area contributed by atoms with Crippen molar-refractivity contribution in [2.75, 3.05) is 39.9 Å². The van der Waals surface area contributed by atoms with Gasteiger partial charge in [0.05, 0.1) is 6.61 Å². The molecular weight excluding hydrogens is 180 g/mol. The van der Waals surface area contributed by atoms with Crippen molar-refractivity contribution in [1.82, 2.24) is 10.2 Å². The first-order valence-corrected chi connectivity index (χ1v) is 5.40. The van der Waals surface area contributed by atoms with E-state index in [9.17, 15) is 5.11 Å². The van der Waals surface area contributed by atoms with Gasteiger partial charge >= 0.3 is 0 Å². The lowest BCUT2D eigenvalue weighted by atomic mass is 10.0. The van der Waals surface area contributed by atoms with Crippen LogP contribution in [0.2, 0.25) is 0 Å². The number of nitrogens with zero attached hydrogens (tertiary/aromatic N) is 1.